The second kappa shape index (κ2) is 19.9. The molecule has 13 nitrogen and oxygen atoms in total. The zero-order chi connectivity index (χ0) is 45.7. The van der Waals surface area contributed by atoms with Crippen molar-refractivity contribution in [3.05, 3.63) is 136 Å². The summed E-state index contributed by atoms with van der Waals surface area (Å²) in [6.07, 6.45) is 1.80. The summed E-state index contributed by atoms with van der Waals surface area (Å²) in [5, 5.41) is 14.9. The van der Waals surface area contributed by atoms with Gasteiger partial charge >= 0.3 is 5.97 Å². The molecule has 0 saturated carbocycles. The number of rotatable bonds is 10. The van der Waals surface area contributed by atoms with Gasteiger partial charge in [-0.05, 0) is 83.6 Å². The monoisotopic (exact) mass is 927 g/mol. The Labute approximate surface area is 390 Å². The number of carbonyl (C=O) groups is 2. The number of nitrogens with one attached hydrogen (secondary N) is 1. The van der Waals surface area contributed by atoms with Crippen LogP contribution in [0.25, 0.3) is 43.2 Å². The fourth-order valence-corrected chi connectivity index (χ4v) is 9.76. The second-order valence-electron chi connectivity index (χ2n) is 16.1. The topological polar surface area (TPSA) is 152 Å². The van der Waals surface area contributed by atoms with Gasteiger partial charge in [0.2, 0.25) is 17.9 Å². The maximum atomic E-state index is 14.6. The van der Waals surface area contributed by atoms with Crippen molar-refractivity contribution in [2.45, 2.75) is 45.9 Å². The van der Waals surface area contributed by atoms with Crippen molar-refractivity contribution in [3.8, 4) is 50.3 Å². The summed E-state index contributed by atoms with van der Waals surface area (Å²) in [6.45, 7) is 8.75. The summed E-state index contributed by atoms with van der Waals surface area (Å²) in [5.74, 6) is -0.131. The number of benzene rings is 4. The summed E-state index contributed by atoms with van der Waals surface area (Å²) in [5.41, 5.74) is 6.08. The van der Waals surface area contributed by atoms with Crippen molar-refractivity contribution in [3.63, 3.8) is 0 Å². The van der Waals surface area contributed by atoms with Crippen LogP contribution in [0.1, 0.15) is 34.9 Å². The van der Waals surface area contributed by atoms with Crippen molar-refractivity contribution < 1.29 is 33.3 Å². The predicted molar refractivity (Wildman–Crippen MR) is 251 cm³/mol. The Morgan fingerprint density at radius 2 is 1.80 bits per heavy atom. The third-order valence-electron chi connectivity index (χ3n) is 11.8. The smallest absolute Gasteiger partial charge is 0.347 e. The first-order valence-electron chi connectivity index (χ1n) is 21.8. The van der Waals surface area contributed by atoms with Crippen LogP contribution in [0.15, 0.2) is 97.5 Å². The van der Waals surface area contributed by atoms with Crippen LogP contribution in [0.5, 0.6) is 17.4 Å². The van der Waals surface area contributed by atoms with E-state index < -0.39 is 12.1 Å². The molecule has 3 aromatic heterocycles. The molecule has 1 amide bonds. The van der Waals surface area contributed by atoms with Crippen LogP contribution in [0.2, 0.25) is 5.02 Å². The van der Waals surface area contributed by atoms with Gasteiger partial charge in [0.05, 0.1) is 29.7 Å². The van der Waals surface area contributed by atoms with Gasteiger partial charge in [-0.15, -0.1) is 11.3 Å². The van der Waals surface area contributed by atoms with E-state index in [2.05, 4.69) is 30.2 Å². The number of carbonyl (C=O) groups excluding carboxylic acids is 2. The highest BCUT2D eigenvalue weighted by atomic mass is 35.5. The van der Waals surface area contributed by atoms with E-state index in [-0.39, 0.29) is 56.0 Å². The number of piperazine rings is 1. The van der Waals surface area contributed by atoms with Crippen LogP contribution < -0.4 is 14.8 Å². The number of nitrogens with zero attached hydrogens (tertiary/aromatic N) is 6. The summed E-state index contributed by atoms with van der Waals surface area (Å²) >= 11 is 8.72. The molecule has 1 atom stereocenters. The second-order valence-corrected chi connectivity index (χ2v) is 17.5. The molecule has 66 heavy (non-hydrogen) atoms. The maximum Gasteiger partial charge on any atom is 0.347 e. The van der Waals surface area contributed by atoms with E-state index in [9.17, 15) is 19.1 Å². The quantitative estimate of drug-likeness (QED) is 0.127. The van der Waals surface area contributed by atoms with E-state index in [1.165, 1.54) is 29.8 Å². The van der Waals surface area contributed by atoms with Crippen LogP contribution in [-0.4, -0.2) is 98.7 Å². The number of esters is 1. The van der Waals surface area contributed by atoms with E-state index in [0.717, 1.165) is 53.3 Å². The van der Waals surface area contributed by atoms with Gasteiger partial charge < -0.3 is 29.5 Å². The molecule has 0 spiro atoms. The number of aromatic hydroxyl groups is 1. The molecule has 1 fully saturated rings. The largest absolute Gasteiger partial charge is 0.507 e. The van der Waals surface area contributed by atoms with E-state index in [1.54, 1.807) is 61.7 Å². The van der Waals surface area contributed by atoms with Crippen LogP contribution in [0.4, 0.5) is 4.39 Å². The van der Waals surface area contributed by atoms with Crippen LogP contribution >= 0.6 is 22.9 Å². The lowest BCUT2D eigenvalue weighted by atomic mass is 9.94. The van der Waals surface area contributed by atoms with E-state index in [1.807, 2.05) is 36.1 Å². The van der Waals surface area contributed by atoms with E-state index in [0.29, 0.717) is 67.9 Å². The molecule has 10 rings (SSSR count). The van der Waals surface area contributed by atoms with Gasteiger partial charge in [0.1, 0.15) is 35.1 Å². The molecule has 16 heteroatoms. The van der Waals surface area contributed by atoms with Crippen LogP contribution in [0.3, 0.4) is 0 Å². The number of amides is 1. The summed E-state index contributed by atoms with van der Waals surface area (Å²) in [7, 11) is 0. The highest BCUT2D eigenvalue weighted by molar-refractivity contribution is 7.22. The predicted octanol–water partition coefficient (Wildman–Crippen LogP) is 8.21. The molecule has 2 N–H and O–H groups in total. The van der Waals surface area contributed by atoms with E-state index >= 15 is 0 Å². The third-order valence-corrected chi connectivity index (χ3v) is 13.5. The highest BCUT2D eigenvalue weighted by Crippen LogP contribution is 2.49. The zero-order valence-electron chi connectivity index (χ0n) is 36.4. The SMILES string of the molecule is CCOC(=O)[C@H]1Cc2cc(ccc2OCc2ccnc(-c3ccccc3O)n2)CC(=O)N(CCN2CCNCC2)Cc2ccc(c(C)c2Cl)-c2c(-c3ccc(F)cc3)sc3ncnc(c23)O1. The van der Waals surface area contributed by atoms with Crippen molar-refractivity contribution in [1.82, 2.24) is 35.1 Å². The van der Waals surface area contributed by atoms with Gasteiger partial charge in [-0.2, -0.15) is 0 Å². The lowest BCUT2D eigenvalue weighted by molar-refractivity contribution is -0.151. The minimum absolute atomic E-state index is 0.0212. The first-order valence-corrected chi connectivity index (χ1v) is 23.0. The Balaban J connectivity index is 1.17. The zero-order valence-corrected chi connectivity index (χ0v) is 38.0. The molecular formula is C50H47ClFN7O6S. The average molecular weight is 928 g/mol. The average Bonchev–Trinajstić information content (AvgIpc) is 3.72. The fraction of sp³-hybridized carbons (Fsp3) is 0.280. The summed E-state index contributed by atoms with van der Waals surface area (Å²) < 4.78 is 33.2. The van der Waals surface area contributed by atoms with Crippen molar-refractivity contribution in [2.75, 3.05) is 45.9 Å². The van der Waals surface area contributed by atoms with Gasteiger partial charge in [0, 0.05) is 73.9 Å². The summed E-state index contributed by atoms with van der Waals surface area (Å²) in [4.78, 5) is 52.6. The molecule has 1 saturated heterocycles. The minimum Gasteiger partial charge on any atom is -0.507 e. The molecule has 7 aromatic rings. The van der Waals surface area contributed by atoms with Gasteiger partial charge in [-0.3, -0.25) is 9.69 Å². The molecule has 4 bridgehead atoms. The van der Waals surface area contributed by atoms with Gasteiger partial charge in [-0.1, -0.05) is 60.1 Å². The van der Waals surface area contributed by atoms with Crippen LogP contribution in [0, 0.1) is 12.7 Å². The molecule has 0 aliphatic carbocycles. The number of hydrogen-bond donors (Lipinski definition) is 2. The lowest BCUT2D eigenvalue weighted by Gasteiger charge is -2.31. The standard InChI is InChI=1S/C50H47ClFN7O6S/c1-3-63-50(62)41-26-34-24-31(8-15-40(34)64-28-36-16-17-54-47(57-36)38-6-4-5-7-39(38)60)25-42(61)59(23-22-58-20-18-53-19-21-58)27-33-11-14-37(30(2)45(33)51)43-44-48(65-41)55-29-56-49(44)66-46(43)32-9-12-35(52)13-10-32/h4-17,24,29,41,53,60H,3,18-23,25-28H2,1-2H3/t41-/m1/s1. The van der Waals surface area contributed by atoms with Crippen LogP contribution in [-0.2, 0) is 40.3 Å². The minimum atomic E-state index is -1.23. The molecule has 4 aromatic carbocycles. The number of aromatic nitrogens is 4. The van der Waals surface area contributed by atoms with Gasteiger partial charge in [-0.25, -0.2) is 29.1 Å². The molecule has 338 valence electrons. The summed E-state index contributed by atoms with van der Waals surface area (Å²) in [6, 6.07) is 24.2. The van der Waals surface area contributed by atoms with Gasteiger partial charge in [0.25, 0.3) is 0 Å². The highest BCUT2D eigenvalue weighted by Gasteiger charge is 2.30. The molecule has 0 unspecified atom stereocenters. The van der Waals surface area contributed by atoms with Gasteiger partial charge in [0.15, 0.2) is 5.82 Å². The number of thiophene rings is 1. The number of fused-ring (bicyclic) bond motifs is 7. The first-order chi connectivity index (χ1) is 32.1. The van der Waals surface area contributed by atoms with Crippen molar-refractivity contribution in [2.24, 2.45) is 0 Å². The lowest BCUT2D eigenvalue weighted by Crippen LogP contribution is -2.47. The number of phenolic OH excluding ortho intramolecular Hbond substituents is 1. The van der Waals surface area contributed by atoms with E-state index in [4.69, 9.17) is 25.8 Å². The first kappa shape index (κ1) is 44.7. The number of halogens is 2. The Hall–Kier alpha value is -6.52. The van der Waals surface area contributed by atoms with Crippen molar-refractivity contribution in [1.29, 1.82) is 0 Å². The molecule has 0 radical (unpaired) electrons. The Morgan fingerprint density at radius 3 is 2.61 bits per heavy atom. The molecule has 6 heterocycles. The Kier molecular flexibility index (Phi) is 13.5. The fourth-order valence-electron chi connectivity index (χ4n) is 8.38. The maximum absolute atomic E-state index is 14.6. The normalized spacial score (nSPS) is 15.7. The number of hydrogen-bond acceptors (Lipinski definition) is 13. The number of ether oxygens (including phenoxy) is 3. The molecule has 3 aliphatic heterocycles. The Bertz CT molecular complexity index is 2910. The third kappa shape index (κ3) is 9.70. The Morgan fingerprint density at radius 1 is 0.985 bits per heavy atom. The number of para-hydroxylation sites is 1. The number of phenols is 1. The molecular weight excluding hydrogens is 881 g/mol. The molecule has 3 aliphatic rings. The van der Waals surface area contributed by atoms with Crippen molar-refractivity contribution >= 4 is 45.0 Å².